The maximum absolute atomic E-state index is 12.1. The molecule has 1 aromatic carbocycles. The second kappa shape index (κ2) is 7.35. The van der Waals surface area contributed by atoms with Gasteiger partial charge in [0.25, 0.3) is 0 Å². The fourth-order valence-corrected chi connectivity index (χ4v) is 2.01. The van der Waals surface area contributed by atoms with E-state index in [1.165, 1.54) is 19.5 Å². The number of esters is 1. The molecule has 1 N–H and O–H groups in total. The summed E-state index contributed by atoms with van der Waals surface area (Å²) in [7, 11) is 2.82. The highest BCUT2D eigenvalue weighted by Gasteiger charge is 2.12. The van der Waals surface area contributed by atoms with Gasteiger partial charge in [-0.3, -0.25) is 4.79 Å². The van der Waals surface area contributed by atoms with Crippen LogP contribution in [0.25, 0.3) is 0 Å². The van der Waals surface area contributed by atoms with E-state index in [1.807, 2.05) is 25.1 Å². The number of nitrogens with zero attached hydrogens (tertiary/aromatic N) is 2. The lowest BCUT2D eigenvalue weighted by molar-refractivity contribution is -0.115. The van der Waals surface area contributed by atoms with E-state index in [4.69, 9.17) is 4.74 Å². The van der Waals surface area contributed by atoms with Crippen molar-refractivity contribution in [3.8, 4) is 5.75 Å². The van der Waals surface area contributed by atoms with Gasteiger partial charge in [0.1, 0.15) is 5.75 Å². The molecule has 0 aliphatic carbocycles. The first kappa shape index (κ1) is 16.4. The number of nitrogens with one attached hydrogen (secondary N) is 1. The van der Waals surface area contributed by atoms with Crippen LogP contribution in [-0.4, -0.2) is 36.1 Å². The zero-order valence-electron chi connectivity index (χ0n) is 13.1. The largest absolute Gasteiger partial charge is 0.496 e. The zero-order chi connectivity index (χ0) is 16.8. The molecule has 0 radical (unpaired) electrons. The Labute approximate surface area is 133 Å². The maximum Gasteiger partial charge on any atom is 0.358 e. The van der Waals surface area contributed by atoms with Crippen LogP contribution in [0.4, 0.5) is 5.82 Å². The molecule has 120 valence electrons. The van der Waals surface area contributed by atoms with E-state index < -0.39 is 5.97 Å². The van der Waals surface area contributed by atoms with Gasteiger partial charge in [-0.05, 0) is 13.0 Å². The SMILES string of the molecule is COC(=O)c1cnc(NC(=O)Cc2cc(C)ccc2OC)cn1. The first-order valence-electron chi connectivity index (χ1n) is 6.87. The summed E-state index contributed by atoms with van der Waals surface area (Å²) < 4.78 is 9.78. The summed E-state index contributed by atoms with van der Waals surface area (Å²) in [6.45, 7) is 1.94. The number of methoxy groups -OCH3 is 2. The van der Waals surface area contributed by atoms with Crippen LogP contribution in [0.2, 0.25) is 0 Å². The normalized spacial score (nSPS) is 10.0. The van der Waals surface area contributed by atoms with Gasteiger partial charge < -0.3 is 14.8 Å². The minimum absolute atomic E-state index is 0.0749. The second-order valence-corrected chi connectivity index (χ2v) is 4.82. The summed E-state index contributed by atoms with van der Waals surface area (Å²) in [6.07, 6.45) is 2.69. The summed E-state index contributed by atoms with van der Waals surface area (Å²) in [5, 5.41) is 2.63. The van der Waals surface area contributed by atoms with Crippen LogP contribution in [-0.2, 0) is 16.0 Å². The minimum Gasteiger partial charge on any atom is -0.496 e. The van der Waals surface area contributed by atoms with E-state index in [0.717, 1.165) is 11.1 Å². The van der Waals surface area contributed by atoms with Gasteiger partial charge in [-0.2, -0.15) is 0 Å². The number of hydrogen-bond acceptors (Lipinski definition) is 6. The van der Waals surface area contributed by atoms with Crippen LogP contribution in [0, 0.1) is 6.92 Å². The molecule has 23 heavy (non-hydrogen) atoms. The lowest BCUT2D eigenvalue weighted by Crippen LogP contribution is -2.16. The van der Waals surface area contributed by atoms with Gasteiger partial charge in [-0.25, -0.2) is 14.8 Å². The van der Waals surface area contributed by atoms with Crippen molar-refractivity contribution in [1.29, 1.82) is 0 Å². The van der Waals surface area contributed by atoms with Gasteiger partial charge in [0.05, 0.1) is 33.0 Å². The molecule has 7 nitrogen and oxygen atoms in total. The molecule has 2 aromatic rings. The number of carbonyl (C=O) groups excluding carboxylic acids is 2. The molecular weight excluding hydrogens is 298 g/mol. The van der Waals surface area contributed by atoms with Crippen LogP contribution in [0.1, 0.15) is 21.6 Å². The lowest BCUT2D eigenvalue weighted by atomic mass is 10.1. The monoisotopic (exact) mass is 315 g/mol. The summed E-state index contributed by atoms with van der Waals surface area (Å²) in [5.41, 5.74) is 1.89. The fraction of sp³-hybridized carbons (Fsp3) is 0.250. The average Bonchev–Trinajstić information content (AvgIpc) is 2.55. The number of hydrogen-bond donors (Lipinski definition) is 1. The number of benzene rings is 1. The first-order chi connectivity index (χ1) is 11.0. The summed E-state index contributed by atoms with van der Waals surface area (Å²) in [5.74, 6) is 0.0704. The first-order valence-corrected chi connectivity index (χ1v) is 6.87. The smallest absolute Gasteiger partial charge is 0.358 e. The molecule has 0 saturated heterocycles. The Bertz CT molecular complexity index is 714. The van der Waals surface area contributed by atoms with E-state index >= 15 is 0 Å². The highest BCUT2D eigenvalue weighted by atomic mass is 16.5. The number of aryl methyl sites for hydroxylation is 1. The topological polar surface area (TPSA) is 90.4 Å². The minimum atomic E-state index is -0.583. The molecule has 0 fully saturated rings. The maximum atomic E-state index is 12.1. The van der Waals surface area contributed by atoms with Crippen molar-refractivity contribution < 1.29 is 19.1 Å². The van der Waals surface area contributed by atoms with Crippen molar-refractivity contribution in [2.45, 2.75) is 13.3 Å². The van der Waals surface area contributed by atoms with Crippen molar-refractivity contribution in [2.75, 3.05) is 19.5 Å². The number of ether oxygens (including phenoxy) is 2. The van der Waals surface area contributed by atoms with Crippen LogP contribution in [0.3, 0.4) is 0 Å². The Kier molecular flexibility index (Phi) is 5.24. The Morgan fingerprint density at radius 2 is 1.96 bits per heavy atom. The third kappa shape index (κ3) is 4.26. The van der Waals surface area contributed by atoms with Gasteiger partial charge >= 0.3 is 5.97 Å². The van der Waals surface area contributed by atoms with Crippen molar-refractivity contribution in [1.82, 2.24) is 9.97 Å². The lowest BCUT2D eigenvalue weighted by Gasteiger charge is -2.09. The van der Waals surface area contributed by atoms with Gasteiger partial charge in [-0.1, -0.05) is 17.7 Å². The van der Waals surface area contributed by atoms with Crippen molar-refractivity contribution >= 4 is 17.7 Å². The van der Waals surface area contributed by atoms with Crippen LogP contribution in [0.5, 0.6) is 5.75 Å². The molecule has 7 heteroatoms. The molecular formula is C16H17N3O4. The summed E-state index contributed by atoms with van der Waals surface area (Å²) >= 11 is 0. The molecule has 1 amide bonds. The number of aromatic nitrogens is 2. The fourth-order valence-electron chi connectivity index (χ4n) is 2.01. The predicted octanol–water partition coefficient (Wildman–Crippen LogP) is 1.76. The quantitative estimate of drug-likeness (QED) is 0.846. The third-order valence-electron chi connectivity index (χ3n) is 3.10. The number of anilines is 1. The number of carbonyl (C=O) groups is 2. The molecule has 2 rings (SSSR count). The Balaban J connectivity index is 2.05. The van der Waals surface area contributed by atoms with Gasteiger partial charge in [0, 0.05) is 5.56 Å². The molecule has 0 atom stereocenters. The third-order valence-corrected chi connectivity index (χ3v) is 3.10. The van der Waals surface area contributed by atoms with Crippen LogP contribution in [0.15, 0.2) is 30.6 Å². The molecule has 0 saturated carbocycles. The van der Waals surface area contributed by atoms with E-state index in [0.29, 0.717) is 5.75 Å². The predicted molar refractivity (Wildman–Crippen MR) is 83.4 cm³/mol. The Hall–Kier alpha value is -2.96. The van der Waals surface area contributed by atoms with E-state index in [2.05, 4.69) is 20.0 Å². The van der Waals surface area contributed by atoms with Gasteiger partial charge in [0.2, 0.25) is 5.91 Å². The highest BCUT2D eigenvalue weighted by molar-refractivity contribution is 5.92. The Morgan fingerprint density at radius 1 is 1.17 bits per heavy atom. The highest BCUT2D eigenvalue weighted by Crippen LogP contribution is 2.20. The zero-order valence-corrected chi connectivity index (χ0v) is 13.1. The molecule has 1 heterocycles. The number of rotatable bonds is 5. The van der Waals surface area contributed by atoms with Crippen molar-refractivity contribution in [3.63, 3.8) is 0 Å². The molecule has 0 aliphatic rings. The van der Waals surface area contributed by atoms with Crippen LogP contribution >= 0.6 is 0 Å². The second-order valence-electron chi connectivity index (χ2n) is 4.82. The van der Waals surface area contributed by atoms with E-state index in [1.54, 1.807) is 7.11 Å². The molecule has 1 aromatic heterocycles. The molecule has 0 unspecified atom stereocenters. The summed E-state index contributed by atoms with van der Waals surface area (Å²) in [4.78, 5) is 31.2. The molecule has 0 spiro atoms. The van der Waals surface area contributed by atoms with Gasteiger partial charge in [-0.15, -0.1) is 0 Å². The van der Waals surface area contributed by atoms with Crippen molar-refractivity contribution in [3.05, 3.63) is 47.4 Å². The summed E-state index contributed by atoms with van der Waals surface area (Å²) in [6, 6.07) is 5.63. The van der Waals surface area contributed by atoms with Crippen LogP contribution < -0.4 is 10.1 Å². The Morgan fingerprint density at radius 3 is 2.57 bits per heavy atom. The standard InChI is InChI=1S/C16H17N3O4/c1-10-4-5-13(22-2)11(6-10)7-15(20)19-14-9-17-12(8-18-14)16(21)23-3/h4-6,8-9H,7H2,1-3H3,(H,18,19,20). The van der Waals surface area contributed by atoms with Gasteiger partial charge in [0.15, 0.2) is 11.5 Å². The molecule has 0 aliphatic heterocycles. The number of amides is 1. The van der Waals surface area contributed by atoms with Crippen molar-refractivity contribution in [2.24, 2.45) is 0 Å². The molecule has 0 bridgehead atoms. The average molecular weight is 315 g/mol. The van der Waals surface area contributed by atoms with E-state index in [9.17, 15) is 9.59 Å². The van der Waals surface area contributed by atoms with E-state index in [-0.39, 0.29) is 23.8 Å².